The average molecular weight is 189 g/mol. The van der Waals surface area contributed by atoms with E-state index in [9.17, 15) is 4.79 Å². The van der Waals surface area contributed by atoms with Gasteiger partial charge in [0.1, 0.15) is 0 Å². The molecule has 0 aliphatic carbocycles. The van der Waals surface area contributed by atoms with Crippen LogP contribution in [-0.4, -0.2) is 6.29 Å². The van der Waals surface area contributed by atoms with Crippen LogP contribution >= 0.6 is 0 Å². The van der Waals surface area contributed by atoms with Crippen molar-refractivity contribution in [1.29, 1.82) is 0 Å². The Bertz CT molecular complexity index is 266. The van der Waals surface area contributed by atoms with Gasteiger partial charge in [-0.1, -0.05) is 50.6 Å². The lowest BCUT2D eigenvalue weighted by atomic mass is 9.86. The first-order valence-electron chi connectivity index (χ1n) is 5.22. The summed E-state index contributed by atoms with van der Waals surface area (Å²) in [6, 6.07) is 9.91. The maximum absolute atomic E-state index is 10.9. The maximum atomic E-state index is 10.9. The molecule has 0 heterocycles. The predicted octanol–water partition coefficient (Wildman–Crippen LogP) is 3.32. The number of hydrogen-bond donors (Lipinski definition) is 0. The highest BCUT2D eigenvalue weighted by Gasteiger charge is 2.18. The van der Waals surface area contributed by atoms with Crippen LogP contribution in [0.5, 0.6) is 0 Å². The predicted molar refractivity (Wildman–Crippen MR) is 58.9 cm³/mol. The minimum Gasteiger partial charge on any atom is -0.290 e. The molecule has 2 atom stereocenters. The standard InChI is InChI=1S/C13H17O/c1-3-7-11(2)13(10-14)12-8-5-4-6-9-12/h4-6,8-9,11,13H,3,7H2,1-2H3. The molecule has 14 heavy (non-hydrogen) atoms. The molecule has 1 aromatic rings. The molecule has 1 rings (SSSR count). The average Bonchev–Trinajstić information content (AvgIpc) is 2.21. The van der Waals surface area contributed by atoms with Gasteiger partial charge in [0.2, 0.25) is 6.29 Å². The van der Waals surface area contributed by atoms with Crippen molar-refractivity contribution < 1.29 is 4.79 Å². The van der Waals surface area contributed by atoms with E-state index in [4.69, 9.17) is 0 Å². The van der Waals surface area contributed by atoms with Gasteiger partial charge >= 0.3 is 0 Å². The summed E-state index contributed by atoms with van der Waals surface area (Å²) in [7, 11) is 0. The van der Waals surface area contributed by atoms with Gasteiger partial charge in [-0.3, -0.25) is 4.79 Å². The SMILES string of the molecule is CCCC(C)C([C]=O)c1ccccc1. The van der Waals surface area contributed by atoms with E-state index in [0.717, 1.165) is 18.4 Å². The lowest BCUT2D eigenvalue weighted by molar-refractivity contribution is 0.461. The molecule has 1 heteroatoms. The van der Waals surface area contributed by atoms with Crippen LogP contribution in [0.15, 0.2) is 30.3 Å². The third-order valence-corrected chi connectivity index (χ3v) is 2.60. The second-order valence-electron chi connectivity index (χ2n) is 3.77. The van der Waals surface area contributed by atoms with Crippen molar-refractivity contribution >= 4 is 6.29 Å². The van der Waals surface area contributed by atoms with Gasteiger partial charge in [0.15, 0.2) is 0 Å². The first-order chi connectivity index (χ1) is 6.79. The fraction of sp³-hybridized carbons (Fsp3) is 0.462. The Balaban J connectivity index is 2.76. The smallest absolute Gasteiger partial charge is 0.206 e. The number of carbonyl (C=O) groups excluding carboxylic acids is 1. The molecule has 0 saturated heterocycles. The van der Waals surface area contributed by atoms with E-state index in [2.05, 4.69) is 20.1 Å². The normalized spacial score (nSPS) is 14.7. The molecule has 1 radical (unpaired) electrons. The summed E-state index contributed by atoms with van der Waals surface area (Å²) in [5, 5.41) is 0. The van der Waals surface area contributed by atoms with Crippen LogP contribution < -0.4 is 0 Å². The zero-order valence-electron chi connectivity index (χ0n) is 8.86. The fourth-order valence-electron chi connectivity index (χ4n) is 1.80. The van der Waals surface area contributed by atoms with Crippen molar-refractivity contribution in [1.82, 2.24) is 0 Å². The van der Waals surface area contributed by atoms with Gasteiger partial charge in [-0.2, -0.15) is 0 Å². The fourth-order valence-corrected chi connectivity index (χ4v) is 1.80. The maximum Gasteiger partial charge on any atom is 0.206 e. The molecule has 0 fully saturated rings. The Kier molecular flexibility index (Phi) is 4.37. The molecule has 0 bridgehead atoms. The zero-order chi connectivity index (χ0) is 10.4. The quantitative estimate of drug-likeness (QED) is 0.694. The molecule has 0 amide bonds. The van der Waals surface area contributed by atoms with E-state index in [1.54, 1.807) is 0 Å². The highest BCUT2D eigenvalue weighted by Crippen LogP contribution is 2.25. The molecule has 0 saturated carbocycles. The van der Waals surface area contributed by atoms with Crippen LogP contribution in [0, 0.1) is 5.92 Å². The second kappa shape index (κ2) is 5.58. The monoisotopic (exact) mass is 189 g/mol. The largest absolute Gasteiger partial charge is 0.290 e. The van der Waals surface area contributed by atoms with E-state index >= 15 is 0 Å². The summed E-state index contributed by atoms with van der Waals surface area (Å²) in [5.41, 5.74) is 1.09. The number of benzene rings is 1. The zero-order valence-corrected chi connectivity index (χ0v) is 8.86. The van der Waals surface area contributed by atoms with E-state index in [1.807, 2.05) is 30.3 Å². The minimum atomic E-state index is -0.0591. The number of rotatable bonds is 5. The molecule has 0 aliphatic rings. The van der Waals surface area contributed by atoms with Crippen LogP contribution in [-0.2, 0) is 4.79 Å². The van der Waals surface area contributed by atoms with Gasteiger partial charge in [-0.25, -0.2) is 0 Å². The molecule has 1 aromatic carbocycles. The van der Waals surface area contributed by atoms with Crippen molar-refractivity contribution in [2.75, 3.05) is 0 Å². The Labute approximate surface area is 86.1 Å². The summed E-state index contributed by atoms with van der Waals surface area (Å²) >= 11 is 0. The third kappa shape index (κ3) is 2.69. The highest BCUT2D eigenvalue weighted by atomic mass is 16.1. The molecule has 0 N–H and O–H groups in total. The van der Waals surface area contributed by atoms with Gasteiger partial charge in [0.25, 0.3) is 0 Å². The summed E-state index contributed by atoms with van der Waals surface area (Å²) < 4.78 is 0. The van der Waals surface area contributed by atoms with Crippen molar-refractivity contribution in [3.05, 3.63) is 35.9 Å². The highest BCUT2D eigenvalue weighted by molar-refractivity contribution is 5.63. The van der Waals surface area contributed by atoms with Crippen molar-refractivity contribution in [2.24, 2.45) is 5.92 Å². The van der Waals surface area contributed by atoms with Crippen molar-refractivity contribution in [2.45, 2.75) is 32.6 Å². The second-order valence-corrected chi connectivity index (χ2v) is 3.77. The summed E-state index contributed by atoms with van der Waals surface area (Å²) in [6.45, 7) is 4.26. The molecule has 0 aliphatic heterocycles. The Morgan fingerprint density at radius 3 is 2.43 bits per heavy atom. The number of hydrogen-bond acceptors (Lipinski definition) is 1. The third-order valence-electron chi connectivity index (χ3n) is 2.60. The van der Waals surface area contributed by atoms with Crippen LogP contribution in [0.3, 0.4) is 0 Å². The van der Waals surface area contributed by atoms with E-state index in [0.29, 0.717) is 5.92 Å². The molecular weight excluding hydrogens is 172 g/mol. The minimum absolute atomic E-state index is 0.0591. The van der Waals surface area contributed by atoms with Gasteiger partial charge in [-0.15, -0.1) is 0 Å². The Morgan fingerprint density at radius 2 is 1.93 bits per heavy atom. The molecule has 1 nitrogen and oxygen atoms in total. The van der Waals surface area contributed by atoms with Crippen LogP contribution in [0.25, 0.3) is 0 Å². The lowest BCUT2D eigenvalue weighted by Crippen LogP contribution is -2.10. The van der Waals surface area contributed by atoms with E-state index in [1.165, 1.54) is 0 Å². The van der Waals surface area contributed by atoms with E-state index in [-0.39, 0.29) is 5.92 Å². The lowest BCUT2D eigenvalue weighted by Gasteiger charge is -2.17. The Hall–Kier alpha value is -1.11. The molecule has 0 spiro atoms. The topological polar surface area (TPSA) is 17.1 Å². The van der Waals surface area contributed by atoms with Gasteiger partial charge in [-0.05, 0) is 17.9 Å². The summed E-state index contributed by atoms with van der Waals surface area (Å²) in [5.74, 6) is 0.330. The van der Waals surface area contributed by atoms with Gasteiger partial charge in [0.05, 0.1) is 5.92 Å². The Morgan fingerprint density at radius 1 is 1.29 bits per heavy atom. The van der Waals surface area contributed by atoms with Crippen molar-refractivity contribution in [3.8, 4) is 0 Å². The molecular formula is C13H17O. The summed E-state index contributed by atoms with van der Waals surface area (Å²) in [6.07, 6.45) is 4.35. The molecule has 75 valence electrons. The van der Waals surface area contributed by atoms with Gasteiger partial charge in [0, 0.05) is 0 Å². The van der Waals surface area contributed by atoms with Gasteiger partial charge < -0.3 is 0 Å². The first kappa shape index (κ1) is 11.0. The molecule has 2 unspecified atom stereocenters. The first-order valence-corrected chi connectivity index (χ1v) is 5.22. The molecule has 0 aromatic heterocycles. The van der Waals surface area contributed by atoms with Crippen molar-refractivity contribution in [3.63, 3.8) is 0 Å². The van der Waals surface area contributed by atoms with Crippen LogP contribution in [0.2, 0.25) is 0 Å². The van der Waals surface area contributed by atoms with Crippen LogP contribution in [0.1, 0.15) is 38.2 Å². The summed E-state index contributed by atoms with van der Waals surface area (Å²) in [4.78, 5) is 10.9. The van der Waals surface area contributed by atoms with Crippen LogP contribution in [0.4, 0.5) is 0 Å². The van der Waals surface area contributed by atoms with E-state index < -0.39 is 0 Å².